The Morgan fingerprint density at radius 1 is 1.00 bits per heavy atom. The zero-order chi connectivity index (χ0) is 20.1. The van der Waals surface area contributed by atoms with Crippen molar-refractivity contribution in [3.8, 4) is 6.07 Å². The molecule has 0 heterocycles. The van der Waals surface area contributed by atoms with Crippen LogP contribution in [-0.2, 0) is 0 Å². The number of anilines is 2. The molecular weight excluding hydrogens is 360 g/mol. The van der Waals surface area contributed by atoms with Crippen molar-refractivity contribution < 1.29 is 13.6 Å². The number of carbonyl (C=O) groups excluding carboxylic acids is 1. The van der Waals surface area contributed by atoms with E-state index in [9.17, 15) is 13.6 Å². The first-order chi connectivity index (χ1) is 13.5. The van der Waals surface area contributed by atoms with Crippen LogP contribution in [0.25, 0.3) is 0 Å². The summed E-state index contributed by atoms with van der Waals surface area (Å²) >= 11 is 0. The lowest BCUT2D eigenvalue weighted by Crippen LogP contribution is -2.12. The average molecular weight is 377 g/mol. The summed E-state index contributed by atoms with van der Waals surface area (Å²) in [5.74, 6) is -1.31. The highest BCUT2D eigenvalue weighted by Gasteiger charge is 2.12. The second-order valence-corrected chi connectivity index (χ2v) is 6.22. The second kappa shape index (κ2) is 8.31. The van der Waals surface area contributed by atoms with Gasteiger partial charge in [-0.15, -0.1) is 0 Å². The third-order valence-electron chi connectivity index (χ3n) is 4.27. The van der Waals surface area contributed by atoms with Crippen molar-refractivity contribution in [2.75, 3.05) is 10.6 Å². The van der Waals surface area contributed by atoms with E-state index < -0.39 is 11.6 Å². The zero-order valence-corrected chi connectivity index (χ0v) is 15.0. The Bertz CT molecular complexity index is 1030. The molecule has 1 unspecified atom stereocenters. The summed E-state index contributed by atoms with van der Waals surface area (Å²) in [6, 6.07) is 18.5. The number of carbonyl (C=O) groups is 1. The zero-order valence-electron chi connectivity index (χ0n) is 15.0. The van der Waals surface area contributed by atoms with Crippen LogP contribution in [0.3, 0.4) is 0 Å². The van der Waals surface area contributed by atoms with Gasteiger partial charge < -0.3 is 10.6 Å². The lowest BCUT2D eigenvalue weighted by atomic mass is 10.1. The minimum atomic E-state index is -0.571. The number of amides is 1. The van der Waals surface area contributed by atoms with Gasteiger partial charge in [-0.2, -0.15) is 5.26 Å². The van der Waals surface area contributed by atoms with Gasteiger partial charge in [0.15, 0.2) is 0 Å². The quantitative estimate of drug-likeness (QED) is 0.637. The highest BCUT2D eigenvalue weighted by molar-refractivity contribution is 6.04. The van der Waals surface area contributed by atoms with Gasteiger partial charge in [-0.3, -0.25) is 4.79 Å². The molecule has 0 aliphatic carbocycles. The van der Waals surface area contributed by atoms with E-state index >= 15 is 0 Å². The Labute approximate surface area is 161 Å². The number of hydrogen-bond acceptors (Lipinski definition) is 3. The van der Waals surface area contributed by atoms with Crippen molar-refractivity contribution in [1.29, 1.82) is 5.26 Å². The maximum absolute atomic E-state index is 13.7. The van der Waals surface area contributed by atoms with Gasteiger partial charge in [-0.05, 0) is 61.0 Å². The van der Waals surface area contributed by atoms with Crippen molar-refractivity contribution in [3.63, 3.8) is 0 Å². The highest BCUT2D eigenvalue weighted by atomic mass is 19.1. The molecule has 1 atom stereocenters. The number of halogens is 2. The van der Waals surface area contributed by atoms with Crippen molar-refractivity contribution in [1.82, 2.24) is 0 Å². The summed E-state index contributed by atoms with van der Waals surface area (Å²) < 4.78 is 26.7. The molecule has 0 bridgehead atoms. The van der Waals surface area contributed by atoms with Crippen LogP contribution in [0.1, 0.15) is 34.5 Å². The summed E-state index contributed by atoms with van der Waals surface area (Å²) in [5.41, 5.74) is 2.23. The van der Waals surface area contributed by atoms with E-state index in [0.717, 1.165) is 5.56 Å². The maximum atomic E-state index is 13.7. The Morgan fingerprint density at radius 3 is 2.32 bits per heavy atom. The number of hydrogen-bond donors (Lipinski definition) is 2. The molecule has 0 radical (unpaired) electrons. The minimum absolute atomic E-state index is 0.0301. The van der Waals surface area contributed by atoms with Gasteiger partial charge in [0.25, 0.3) is 5.91 Å². The number of nitrogens with one attached hydrogen (secondary N) is 2. The first-order valence-corrected chi connectivity index (χ1v) is 8.60. The molecule has 0 fully saturated rings. The van der Waals surface area contributed by atoms with Crippen LogP contribution < -0.4 is 10.6 Å². The van der Waals surface area contributed by atoms with Crippen molar-refractivity contribution in [3.05, 3.63) is 95.1 Å². The molecule has 0 aliphatic rings. The van der Waals surface area contributed by atoms with E-state index in [1.807, 2.05) is 25.1 Å². The van der Waals surface area contributed by atoms with Crippen LogP contribution in [0.5, 0.6) is 0 Å². The Morgan fingerprint density at radius 2 is 1.68 bits per heavy atom. The van der Waals surface area contributed by atoms with Gasteiger partial charge in [-0.25, -0.2) is 8.78 Å². The predicted octanol–water partition coefficient (Wildman–Crippen LogP) is 5.26. The summed E-state index contributed by atoms with van der Waals surface area (Å²) in [6.07, 6.45) is 0. The third kappa shape index (κ3) is 4.33. The fourth-order valence-corrected chi connectivity index (χ4v) is 2.73. The van der Waals surface area contributed by atoms with E-state index in [4.69, 9.17) is 5.26 Å². The van der Waals surface area contributed by atoms with Gasteiger partial charge in [0.2, 0.25) is 0 Å². The molecule has 4 nitrogen and oxygen atoms in total. The normalized spacial score (nSPS) is 11.4. The van der Waals surface area contributed by atoms with Gasteiger partial charge in [0.05, 0.1) is 5.69 Å². The SMILES string of the molecule is CC(Nc1cccc(F)c1C#N)c1ccc(NC(=O)c2ccc(F)cc2)cc1. The molecular formula is C22H17F2N3O. The lowest BCUT2D eigenvalue weighted by Gasteiger charge is -2.17. The molecule has 0 aliphatic heterocycles. The fourth-order valence-electron chi connectivity index (χ4n) is 2.73. The molecule has 140 valence electrons. The highest BCUT2D eigenvalue weighted by Crippen LogP contribution is 2.25. The first kappa shape index (κ1) is 19.1. The van der Waals surface area contributed by atoms with Crippen LogP contribution in [0.4, 0.5) is 20.2 Å². The number of nitriles is 1. The molecule has 0 saturated carbocycles. The molecule has 0 aromatic heterocycles. The molecule has 3 rings (SSSR count). The van der Waals surface area contributed by atoms with E-state index in [1.165, 1.54) is 30.3 Å². The molecule has 3 aromatic carbocycles. The van der Waals surface area contributed by atoms with Crippen LogP contribution in [-0.4, -0.2) is 5.91 Å². The summed E-state index contributed by atoms with van der Waals surface area (Å²) in [5, 5.41) is 15.0. The van der Waals surface area contributed by atoms with Gasteiger partial charge in [-0.1, -0.05) is 18.2 Å². The summed E-state index contributed by atoms with van der Waals surface area (Å²) in [4.78, 5) is 12.2. The van der Waals surface area contributed by atoms with E-state index in [0.29, 0.717) is 16.9 Å². The third-order valence-corrected chi connectivity index (χ3v) is 4.27. The predicted molar refractivity (Wildman–Crippen MR) is 104 cm³/mol. The van der Waals surface area contributed by atoms with Crippen molar-refractivity contribution in [2.24, 2.45) is 0 Å². The summed E-state index contributed by atoms with van der Waals surface area (Å²) in [6.45, 7) is 1.89. The van der Waals surface area contributed by atoms with Gasteiger partial charge >= 0.3 is 0 Å². The van der Waals surface area contributed by atoms with Gasteiger partial charge in [0.1, 0.15) is 23.3 Å². The van der Waals surface area contributed by atoms with E-state index in [-0.39, 0.29) is 17.5 Å². The smallest absolute Gasteiger partial charge is 0.255 e. The average Bonchev–Trinajstić information content (AvgIpc) is 2.69. The van der Waals surface area contributed by atoms with E-state index in [2.05, 4.69) is 10.6 Å². The number of rotatable bonds is 5. The second-order valence-electron chi connectivity index (χ2n) is 6.22. The Hall–Kier alpha value is -3.72. The molecule has 2 N–H and O–H groups in total. The van der Waals surface area contributed by atoms with Crippen LogP contribution in [0.2, 0.25) is 0 Å². The fraction of sp³-hybridized carbons (Fsp3) is 0.0909. The molecule has 6 heteroatoms. The number of benzene rings is 3. The number of nitrogens with zero attached hydrogens (tertiary/aromatic N) is 1. The molecule has 3 aromatic rings. The maximum Gasteiger partial charge on any atom is 0.255 e. The Kier molecular flexibility index (Phi) is 5.66. The van der Waals surface area contributed by atoms with Gasteiger partial charge in [0, 0.05) is 17.3 Å². The van der Waals surface area contributed by atoms with Crippen LogP contribution in [0.15, 0.2) is 66.7 Å². The first-order valence-electron chi connectivity index (χ1n) is 8.60. The molecule has 1 amide bonds. The molecule has 28 heavy (non-hydrogen) atoms. The largest absolute Gasteiger partial charge is 0.377 e. The molecule has 0 spiro atoms. The van der Waals surface area contributed by atoms with Crippen LogP contribution in [0, 0.1) is 23.0 Å². The van der Waals surface area contributed by atoms with Crippen molar-refractivity contribution >= 4 is 17.3 Å². The van der Waals surface area contributed by atoms with Crippen LogP contribution >= 0.6 is 0 Å². The standard InChI is InChI=1S/C22H17F2N3O/c1-14(26-21-4-2-3-20(24)19(21)13-25)15-7-11-18(12-8-15)27-22(28)16-5-9-17(23)10-6-16/h2-12,14,26H,1H3,(H,27,28). The molecule has 0 saturated heterocycles. The monoisotopic (exact) mass is 377 g/mol. The van der Waals surface area contributed by atoms with E-state index in [1.54, 1.807) is 24.3 Å². The topological polar surface area (TPSA) is 64.9 Å². The summed E-state index contributed by atoms with van der Waals surface area (Å²) in [7, 11) is 0. The Balaban J connectivity index is 1.68. The minimum Gasteiger partial charge on any atom is -0.377 e. The lowest BCUT2D eigenvalue weighted by molar-refractivity contribution is 0.102. The van der Waals surface area contributed by atoms with Crippen molar-refractivity contribution in [2.45, 2.75) is 13.0 Å².